The first-order valence-corrected chi connectivity index (χ1v) is 8.35. The average Bonchev–Trinajstić information content (AvgIpc) is 3.04. The molecule has 124 valence electrons. The summed E-state index contributed by atoms with van der Waals surface area (Å²) in [5.41, 5.74) is 3.83. The van der Waals surface area contributed by atoms with E-state index in [1.54, 1.807) is 4.90 Å². The predicted molar refractivity (Wildman–Crippen MR) is 87.1 cm³/mol. The van der Waals surface area contributed by atoms with E-state index in [4.69, 9.17) is 4.74 Å². The topological polar surface area (TPSA) is 58.6 Å². The molecule has 1 N–H and O–H groups in total. The molecule has 1 aromatic carbocycles. The van der Waals surface area contributed by atoms with Gasteiger partial charge in [0.15, 0.2) is 0 Å². The Hall–Kier alpha value is -2.04. The van der Waals surface area contributed by atoms with Gasteiger partial charge < -0.3 is 15.0 Å². The first-order chi connectivity index (χ1) is 11.0. The number of fused-ring (bicyclic) bond motifs is 1. The van der Waals surface area contributed by atoms with Gasteiger partial charge in [-0.05, 0) is 36.8 Å². The van der Waals surface area contributed by atoms with Crippen LogP contribution in [-0.4, -0.2) is 36.6 Å². The Bertz CT molecular complexity index is 614. The monoisotopic (exact) mass is 316 g/mol. The van der Waals surface area contributed by atoms with Crippen molar-refractivity contribution in [3.05, 3.63) is 34.9 Å². The van der Waals surface area contributed by atoms with E-state index in [0.29, 0.717) is 38.5 Å². The third kappa shape index (κ3) is 3.49. The van der Waals surface area contributed by atoms with E-state index >= 15 is 0 Å². The quantitative estimate of drug-likeness (QED) is 0.908. The molecule has 2 amide bonds. The zero-order valence-electron chi connectivity index (χ0n) is 13.8. The largest absolute Gasteiger partial charge is 0.448 e. The van der Waals surface area contributed by atoms with Crippen LogP contribution in [0.5, 0.6) is 0 Å². The predicted octanol–water partition coefficient (Wildman–Crippen LogP) is 2.58. The number of nitrogens with zero attached hydrogens (tertiary/aromatic N) is 1. The third-order valence-corrected chi connectivity index (χ3v) is 4.74. The van der Waals surface area contributed by atoms with Gasteiger partial charge in [0.2, 0.25) is 5.91 Å². The highest BCUT2D eigenvalue weighted by atomic mass is 16.6. The fourth-order valence-electron chi connectivity index (χ4n) is 3.49. The highest BCUT2D eigenvalue weighted by Gasteiger charge is 2.30. The van der Waals surface area contributed by atoms with E-state index < -0.39 is 0 Å². The van der Waals surface area contributed by atoms with E-state index in [0.717, 1.165) is 6.42 Å². The summed E-state index contributed by atoms with van der Waals surface area (Å²) in [5.74, 6) is 0.480. The van der Waals surface area contributed by atoms with Gasteiger partial charge in [-0.25, -0.2) is 4.79 Å². The van der Waals surface area contributed by atoms with Crippen LogP contribution in [0.1, 0.15) is 42.5 Å². The van der Waals surface area contributed by atoms with Crippen molar-refractivity contribution >= 4 is 12.0 Å². The summed E-state index contributed by atoms with van der Waals surface area (Å²) in [6.45, 7) is 5.94. The standard InChI is InChI=1S/C18H24N2O3/c1-12-5-6-14-11-13(2)17(15(14)10-12)19-16(21)4-3-7-20-8-9-23-18(20)22/h5-6,10,13,17H,3-4,7-9,11H2,1-2H3,(H,19,21)/t13-,17+/m1/s1. The molecular weight excluding hydrogens is 292 g/mol. The molecule has 1 aliphatic heterocycles. The second-order valence-corrected chi connectivity index (χ2v) is 6.63. The lowest BCUT2D eigenvalue weighted by Gasteiger charge is -2.19. The molecule has 23 heavy (non-hydrogen) atoms. The van der Waals surface area contributed by atoms with Crippen LogP contribution in [0.4, 0.5) is 4.79 Å². The van der Waals surface area contributed by atoms with Crippen LogP contribution in [0.3, 0.4) is 0 Å². The summed E-state index contributed by atoms with van der Waals surface area (Å²) in [6.07, 6.45) is 1.86. The maximum atomic E-state index is 12.2. The number of hydrogen-bond acceptors (Lipinski definition) is 3. The van der Waals surface area contributed by atoms with Gasteiger partial charge in [0.05, 0.1) is 12.6 Å². The number of rotatable bonds is 5. The number of nitrogens with one attached hydrogen (secondary N) is 1. The summed E-state index contributed by atoms with van der Waals surface area (Å²) >= 11 is 0. The van der Waals surface area contributed by atoms with Crippen LogP contribution >= 0.6 is 0 Å². The second-order valence-electron chi connectivity index (χ2n) is 6.63. The molecule has 2 aliphatic rings. The SMILES string of the molecule is Cc1ccc2c(c1)[C@@H](NC(=O)CCCN1CCOC1=O)[C@H](C)C2. The lowest BCUT2D eigenvalue weighted by molar-refractivity contribution is -0.122. The Balaban J connectivity index is 1.52. The molecule has 2 atom stereocenters. The molecule has 0 saturated carbocycles. The van der Waals surface area contributed by atoms with E-state index in [2.05, 4.69) is 37.4 Å². The van der Waals surface area contributed by atoms with Gasteiger partial charge in [-0.15, -0.1) is 0 Å². The lowest BCUT2D eigenvalue weighted by Crippen LogP contribution is -2.32. The van der Waals surface area contributed by atoms with Crippen molar-refractivity contribution in [1.82, 2.24) is 10.2 Å². The molecule has 1 heterocycles. The molecule has 5 nitrogen and oxygen atoms in total. The van der Waals surface area contributed by atoms with Crippen molar-refractivity contribution < 1.29 is 14.3 Å². The summed E-state index contributed by atoms with van der Waals surface area (Å²) in [7, 11) is 0. The number of cyclic esters (lactones) is 1. The Morgan fingerprint density at radius 1 is 1.43 bits per heavy atom. The first kappa shape index (κ1) is 15.8. The van der Waals surface area contributed by atoms with E-state index in [1.165, 1.54) is 16.7 Å². The van der Waals surface area contributed by atoms with Crippen molar-refractivity contribution in [2.24, 2.45) is 5.92 Å². The summed E-state index contributed by atoms with van der Waals surface area (Å²) in [5, 5.41) is 3.18. The number of benzene rings is 1. The molecule has 1 saturated heterocycles. The highest BCUT2D eigenvalue weighted by molar-refractivity contribution is 5.77. The number of aryl methyl sites for hydroxylation is 1. The zero-order chi connectivity index (χ0) is 16.4. The van der Waals surface area contributed by atoms with E-state index in [-0.39, 0.29) is 18.0 Å². The summed E-state index contributed by atoms with van der Waals surface area (Å²) in [4.78, 5) is 25.2. The van der Waals surface area contributed by atoms with Crippen LogP contribution in [0, 0.1) is 12.8 Å². The molecular formula is C18H24N2O3. The van der Waals surface area contributed by atoms with Gasteiger partial charge in [-0.3, -0.25) is 4.79 Å². The minimum atomic E-state index is -0.265. The third-order valence-electron chi connectivity index (χ3n) is 4.74. The average molecular weight is 316 g/mol. The number of hydrogen-bond donors (Lipinski definition) is 1. The summed E-state index contributed by atoms with van der Waals surface area (Å²) < 4.78 is 4.88. The van der Waals surface area contributed by atoms with Crippen molar-refractivity contribution in [2.75, 3.05) is 19.7 Å². The maximum Gasteiger partial charge on any atom is 0.409 e. The fraction of sp³-hybridized carbons (Fsp3) is 0.556. The summed E-state index contributed by atoms with van der Waals surface area (Å²) in [6, 6.07) is 6.59. The van der Waals surface area contributed by atoms with Gasteiger partial charge >= 0.3 is 6.09 Å². The fourth-order valence-corrected chi connectivity index (χ4v) is 3.49. The van der Waals surface area contributed by atoms with Gasteiger partial charge in [0, 0.05) is 13.0 Å². The molecule has 0 aromatic heterocycles. The van der Waals surface area contributed by atoms with Crippen LogP contribution in [0.2, 0.25) is 0 Å². The molecule has 1 aromatic rings. The molecule has 1 aliphatic carbocycles. The van der Waals surface area contributed by atoms with Crippen LogP contribution < -0.4 is 5.32 Å². The van der Waals surface area contributed by atoms with E-state index in [9.17, 15) is 9.59 Å². The Kier molecular flexibility index (Phi) is 4.55. The first-order valence-electron chi connectivity index (χ1n) is 8.35. The molecule has 5 heteroatoms. The number of ether oxygens (including phenoxy) is 1. The molecule has 0 spiro atoms. The van der Waals surface area contributed by atoms with Crippen molar-refractivity contribution in [2.45, 2.75) is 39.2 Å². The lowest BCUT2D eigenvalue weighted by atomic mass is 10.0. The molecule has 3 rings (SSSR count). The van der Waals surface area contributed by atoms with Gasteiger partial charge in [-0.1, -0.05) is 30.7 Å². The molecule has 0 radical (unpaired) electrons. The van der Waals surface area contributed by atoms with Crippen LogP contribution in [0.15, 0.2) is 18.2 Å². The van der Waals surface area contributed by atoms with E-state index in [1.807, 2.05) is 0 Å². The minimum Gasteiger partial charge on any atom is -0.448 e. The zero-order valence-corrected chi connectivity index (χ0v) is 13.8. The number of amides is 2. The normalized spacial score (nSPS) is 22.9. The molecule has 0 unspecified atom stereocenters. The number of carbonyl (C=O) groups is 2. The highest BCUT2D eigenvalue weighted by Crippen LogP contribution is 2.36. The second kappa shape index (κ2) is 6.60. The van der Waals surface area contributed by atoms with Crippen LogP contribution in [-0.2, 0) is 16.0 Å². The molecule has 1 fully saturated rings. The number of carbonyl (C=O) groups excluding carboxylic acids is 2. The van der Waals surface area contributed by atoms with Crippen LogP contribution in [0.25, 0.3) is 0 Å². The smallest absolute Gasteiger partial charge is 0.409 e. The van der Waals surface area contributed by atoms with Gasteiger partial charge in [-0.2, -0.15) is 0 Å². The minimum absolute atomic E-state index is 0.0590. The Morgan fingerprint density at radius 3 is 3.00 bits per heavy atom. The van der Waals surface area contributed by atoms with Gasteiger partial charge in [0.25, 0.3) is 0 Å². The Labute approximate surface area is 137 Å². The molecule has 0 bridgehead atoms. The van der Waals surface area contributed by atoms with Crippen molar-refractivity contribution in [3.8, 4) is 0 Å². The van der Waals surface area contributed by atoms with Gasteiger partial charge in [0.1, 0.15) is 6.61 Å². The van der Waals surface area contributed by atoms with Crippen molar-refractivity contribution in [1.29, 1.82) is 0 Å². The maximum absolute atomic E-state index is 12.2. The van der Waals surface area contributed by atoms with Crippen molar-refractivity contribution in [3.63, 3.8) is 0 Å². The Morgan fingerprint density at radius 2 is 2.26 bits per heavy atom.